The molecule has 0 radical (unpaired) electrons. The van der Waals surface area contributed by atoms with Gasteiger partial charge in [0.05, 0.1) is 18.0 Å². The van der Waals surface area contributed by atoms with Crippen LogP contribution in [-0.2, 0) is 11.2 Å². The van der Waals surface area contributed by atoms with Gasteiger partial charge < -0.3 is 10.1 Å². The molecule has 0 aliphatic heterocycles. The van der Waals surface area contributed by atoms with Gasteiger partial charge in [0.15, 0.2) is 5.65 Å². The number of para-hydroxylation sites is 1. The highest BCUT2D eigenvalue weighted by Gasteiger charge is 2.20. The van der Waals surface area contributed by atoms with Crippen molar-refractivity contribution in [3.63, 3.8) is 0 Å². The maximum absolute atomic E-state index is 13.6. The second kappa shape index (κ2) is 9.40. The minimum atomic E-state index is -0.383. The van der Waals surface area contributed by atoms with Crippen LogP contribution in [0.1, 0.15) is 35.7 Å². The number of carbonyl (C=O) groups excluding carboxylic acids is 1. The molecule has 2 aromatic heterocycles. The Morgan fingerprint density at radius 3 is 2.61 bits per heavy atom. The number of hydrogen-bond donors (Lipinski definition) is 1. The molecule has 0 bridgehead atoms. The third kappa shape index (κ3) is 4.58. The Hall–Kier alpha value is -3.74. The number of ether oxygens (including phenoxy) is 1. The van der Waals surface area contributed by atoms with Crippen molar-refractivity contribution in [2.24, 2.45) is 0 Å². The Kier molecular flexibility index (Phi) is 6.40. The van der Waals surface area contributed by atoms with Crippen LogP contribution in [0.3, 0.4) is 0 Å². The molecule has 170 valence electrons. The summed E-state index contributed by atoms with van der Waals surface area (Å²) in [6.07, 6.45) is 0.663. The van der Waals surface area contributed by atoms with Crippen LogP contribution in [0.25, 0.3) is 16.7 Å². The average Bonchev–Trinajstić information content (AvgIpc) is 3.13. The number of amides is 1. The normalized spacial score (nSPS) is 11.1. The Labute approximate surface area is 192 Å². The van der Waals surface area contributed by atoms with Crippen molar-refractivity contribution in [1.29, 1.82) is 0 Å². The van der Waals surface area contributed by atoms with Crippen molar-refractivity contribution >= 4 is 22.6 Å². The Morgan fingerprint density at radius 1 is 1.12 bits per heavy atom. The van der Waals surface area contributed by atoms with Crippen molar-refractivity contribution in [1.82, 2.24) is 14.8 Å². The number of aromatic nitrogens is 3. The summed E-state index contributed by atoms with van der Waals surface area (Å²) in [4.78, 5) is 17.4. The van der Waals surface area contributed by atoms with Gasteiger partial charge in [-0.05, 0) is 69.5 Å². The first-order valence-electron chi connectivity index (χ1n) is 11.0. The van der Waals surface area contributed by atoms with Gasteiger partial charge in [-0.1, -0.05) is 24.3 Å². The number of fused-ring (bicyclic) bond motifs is 1. The summed E-state index contributed by atoms with van der Waals surface area (Å²) in [6.45, 7) is 8.17. The highest BCUT2D eigenvalue weighted by Crippen LogP contribution is 2.32. The van der Waals surface area contributed by atoms with Crippen LogP contribution in [0.15, 0.2) is 48.5 Å². The molecule has 0 aliphatic carbocycles. The number of halogens is 1. The average molecular weight is 447 g/mol. The molecule has 0 aliphatic rings. The lowest BCUT2D eigenvalue weighted by atomic mass is 10.0. The maximum atomic E-state index is 13.6. The molecule has 4 rings (SSSR count). The maximum Gasteiger partial charge on any atom is 0.224 e. The van der Waals surface area contributed by atoms with E-state index < -0.39 is 0 Å². The molecule has 0 fully saturated rings. The van der Waals surface area contributed by atoms with Gasteiger partial charge in [0.2, 0.25) is 11.8 Å². The number of nitrogens with zero attached hydrogens (tertiary/aromatic N) is 3. The summed E-state index contributed by atoms with van der Waals surface area (Å²) in [5, 5.41) is 8.48. The molecule has 0 spiro atoms. The predicted octanol–water partition coefficient (Wildman–Crippen LogP) is 5.45. The summed E-state index contributed by atoms with van der Waals surface area (Å²) in [7, 11) is 0. The van der Waals surface area contributed by atoms with E-state index in [9.17, 15) is 9.18 Å². The van der Waals surface area contributed by atoms with E-state index in [1.807, 2.05) is 62.7 Å². The largest absolute Gasteiger partial charge is 0.478 e. The Balaban J connectivity index is 1.66. The Bertz CT molecular complexity index is 1320. The number of aryl methyl sites for hydroxylation is 3. The monoisotopic (exact) mass is 446 g/mol. The van der Waals surface area contributed by atoms with Gasteiger partial charge in [0.25, 0.3) is 0 Å². The first-order chi connectivity index (χ1) is 15.9. The van der Waals surface area contributed by atoms with Gasteiger partial charge in [-0.15, -0.1) is 0 Å². The summed E-state index contributed by atoms with van der Waals surface area (Å²) in [6, 6.07) is 14.2. The van der Waals surface area contributed by atoms with Gasteiger partial charge in [-0.3, -0.25) is 4.79 Å². The molecule has 0 unspecified atom stereocenters. The summed E-state index contributed by atoms with van der Waals surface area (Å²) >= 11 is 0. The zero-order chi connectivity index (χ0) is 23.5. The highest BCUT2D eigenvalue weighted by molar-refractivity contribution is 5.92. The number of anilines is 1. The molecule has 7 heteroatoms. The summed E-state index contributed by atoms with van der Waals surface area (Å²) in [5.41, 5.74) is 5.68. The number of carbonyl (C=O) groups is 1. The van der Waals surface area contributed by atoms with E-state index in [-0.39, 0.29) is 18.1 Å². The molecule has 33 heavy (non-hydrogen) atoms. The minimum absolute atomic E-state index is 0.192. The first kappa shape index (κ1) is 22.5. The molecule has 0 atom stereocenters. The first-order valence-corrected chi connectivity index (χ1v) is 11.0. The third-order valence-electron chi connectivity index (χ3n) is 5.69. The minimum Gasteiger partial charge on any atom is -0.478 e. The second-order valence-electron chi connectivity index (χ2n) is 7.99. The van der Waals surface area contributed by atoms with Crippen LogP contribution >= 0.6 is 0 Å². The van der Waals surface area contributed by atoms with Crippen LogP contribution in [-0.4, -0.2) is 27.3 Å². The van der Waals surface area contributed by atoms with Gasteiger partial charge in [0, 0.05) is 23.1 Å². The van der Waals surface area contributed by atoms with E-state index in [0.29, 0.717) is 24.6 Å². The second-order valence-corrected chi connectivity index (χ2v) is 7.99. The Morgan fingerprint density at radius 2 is 1.88 bits per heavy atom. The lowest BCUT2D eigenvalue weighted by Crippen LogP contribution is -2.14. The van der Waals surface area contributed by atoms with E-state index in [1.165, 1.54) is 12.1 Å². The fourth-order valence-corrected chi connectivity index (χ4v) is 4.01. The van der Waals surface area contributed by atoms with E-state index in [4.69, 9.17) is 14.8 Å². The standard InChI is InChI=1S/C26H27FN4O2/c1-5-33-26-21(13-14-23(32)28-22-15-19(27)12-11-16(22)2)17(3)24-18(4)30-31(25(24)29-26)20-9-7-6-8-10-20/h6-12,15H,5,13-14H2,1-4H3,(H,28,32). The van der Waals surface area contributed by atoms with Crippen LogP contribution in [0.5, 0.6) is 5.88 Å². The van der Waals surface area contributed by atoms with E-state index >= 15 is 0 Å². The number of nitrogens with one attached hydrogen (secondary N) is 1. The van der Waals surface area contributed by atoms with Gasteiger partial charge >= 0.3 is 0 Å². The fraction of sp³-hybridized carbons (Fsp3) is 0.269. The highest BCUT2D eigenvalue weighted by atomic mass is 19.1. The van der Waals surface area contributed by atoms with Crippen molar-refractivity contribution in [3.05, 3.63) is 76.7 Å². The summed E-state index contributed by atoms with van der Waals surface area (Å²) < 4.78 is 21.3. The van der Waals surface area contributed by atoms with Crippen LogP contribution in [0, 0.1) is 26.6 Å². The van der Waals surface area contributed by atoms with Crippen LogP contribution in [0.4, 0.5) is 10.1 Å². The molecule has 1 N–H and O–H groups in total. The fourth-order valence-electron chi connectivity index (χ4n) is 4.01. The number of pyridine rings is 1. The molecular formula is C26H27FN4O2. The number of benzene rings is 2. The molecule has 6 nitrogen and oxygen atoms in total. The number of rotatable bonds is 7. The topological polar surface area (TPSA) is 69.0 Å². The van der Waals surface area contributed by atoms with Gasteiger partial charge in [-0.25, -0.2) is 9.07 Å². The SMILES string of the molecule is CCOc1nc2c(c(C)nn2-c2ccccc2)c(C)c1CCC(=O)Nc1cc(F)ccc1C. The third-order valence-corrected chi connectivity index (χ3v) is 5.69. The van der Waals surface area contributed by atoms with Crippen LogP contribution < -0.4 is 10.1 Å². The quantitative estimate of drug-likeness (QED) is 0.410. The molecule has 4 aromatic rings. The lowest BCUT2D eigenvalue weighted by molar-refractivity contribution is -0.116. The van der Waals surface area contributed by atoms with E-state index in [0.717, 1.165) is 39.1 Å². The molecule has 0 saturated carbocycles. The van der Waals surface area contributed by atoms with E-state index in [1.54, 1.807) is 6.07 Å². The molecule has 2 aromatic carbocycles. The molecular weight excluding hydrogens is 419 g/mol. The van der Waals surface area contributed by atoms with Crippen molar-refractivity contribution in [3.8, 4) is 11.6 Å². The molecule has 0 saturated heterocycles. The van der Waals surface area contributed by atoms with Crippen LogP contribution in [0.2, 0.25) is 0 Å². The van der Waals surface area contributed by atoms with Crippen molar-refractivity contribution in [2.45, 2.75) is 40.5 Å². The van der Waals surface area contributed by atoms with Gasteiger partial charge in [-0.2, -0.15) is 10.1 Å². The van der Waals surface area contributed by atoms with Crippen molar-refractivity contribution < 1.29 is 13.9 Å². The predicted molar refractivity (Wildman–Crippen MR) is 128 cm³/mol. The van der Waals surface area contributed by atoms with Crippen molar-refractivity contribution in [2.75, 3.05) is 11.9 Å². The molecule has 1 amide bonds. The van der Waals surface area contributed by atoms with E-state index in [2.05, 4.69) is 5.32 Å². The van der Waals surface area contributed by atoms with Gasteiger partial charge in [0.1, 0.15) is 5.82 Å². The zero-order valence-corrected chi connectivity index (χ0v) is 19.3. The smallest absolute Gasteiger partial charge is 0.224 e. The lowest BCUT2D eigenvalue weighted by Gasteiger charge is -2.14. The summed E-state index contributed by atoms with van der Waals surface area (Å²) in [5.74, 6) is -0.0670. The molecule has 2 heterocycles. The number of hydrogen-bond acceptors (Lipinski definition) is 4. The zero-order valence-electron chi connectivity index (χ0n) is 19.3.